The number of nitrogens with one attached hydrogen (secondary N) is 1. The largest absolute Gasteiger partial charge is 0.462 e. The van der Waals surface area contributed by atoms with Crippen molar-refractivity contribution in [3.05, 3.63) is 47.2 Å². The zero-order valence-corrected chi connectivity index (χ0v) is 16.7. The molecule has 1 heterocycles. The summed E-state index contributed by atoms with van der Waals surface area (Å²) < 4.78 is 11.0. The normalized spacial score (nSPS) is 11.3. The average molecular weight is 372 g/mol. The maximum absolute atomic E-state index is 12.5. The lowest BCUT2D eigenvalue weighted by Crippen LogP contribution is -2.18. The average Bonchev–Trinajstić information content (AvgIpc) is 2.96. The van der Waals surface area contributed by atoms with Crippen LogP contribution in [-0.2, 0) is 21.4 Å². The van der Waals surface area contributed by atoms with Crippen LogP contribution in [0.2, 0.25) is 0 Å². The predicted octanol–water partition coefficient (Wildman–Crippen LogP) is 4.42. The first-order valence-electron chi connectivity index (χ1n) is 9.25. The van der Waals surface area contributed by atoms with E-state index in [0.717, 1.165) is 12.8 Å². The summed E-state index contributed by atoms with van der Waals surface area (Å²) >= 11 is 0. The van der Waals surface area contributed by atoms with E-state index < -0.39 is 5.97 Å². The Morgan fingerprint density at radius 3 is 2.56 bits per heavy atom. The van der Waals surface area contributed by atoms with Crippen molar-refractivity contribution in [2.24, 2.45) is 0 Å². The number of rotatable bonds is 7. The Morgan fingerprint density at radius 2 is 1.93 bits per heavy atom. The molecule has 0 fully saturated rings. The number of aromatic nitrogens is 1. The number of esters is 1. The highest BCUT2D eigenvalue weighted by molar-refractivity contribution is 6.01. The Balaban J connectivity index is 2.08. The minimum Gasteiger partial charge on any atom is -0.462 e. The van der Waals surface area contributed by atoms with Crippen LogP contribution in [0.3, 0.4) is 0 Å². The second kappa shape index (κ2) is 8.84. The van der Waals surface area contributed by atoms with Crippen LogP contribution in [-0.4, -0.2) is 23.5 Å². The molecule has 0 saturated heterocycles. The van der Waals surface area contributed by atoms with Gasteiger partial charge >= 0.3 is 5.97 Å². The van der Waals surface area contributed by atoms with Crippen molar-refractivity contribution in [3.8, 4) is 0 Å². The van der Waals surface area contributed by atoms with Crippen LogP contribution in [0.4, 0.5) is 5.69 Å². The number of anilines is 1. The predicted molar refractivity (Wildman–Crippen MR) is 104 cm³/mol. The van der Waals surface area contributed by atoms with Gasteiger partial charge in [-0.1, -0.05) is 46.2 Å². The lowest BCUT2D eigenvalue weighted by atomic mass is 9.97. The molecule has 0 unspecified atom stereocenters. The van der Waals surface area contributed by atoms with Gasteiger partial charge in [-0.05, 0) is 25.5 Å². The van der Waals surface area contributed by atoms with Crippen molar-refractivity contribution in [1.82, 2.24) is 4.98 Å². The number of carbonyl (C=O) groups is 2. The Kier molecular flexibility index (Phi) is 6.77. The summed E-state index contributed by atoms with van der Waals surface area (Å²) in [6, 6.07) is 6.82. The van der Waals surface area contributed by atoms with Gasteiger partial charge in [-0.3, -0.25) is 4.79 Å². The van der Waals surface area contributed by atoms with Crippen molar-refractivity contribution in [3.63, 3.8) is 0 Å². The first-order chi connectivity index (χ1) is 12.7. The standard InChI is InChI=1S/C21H28N2O4/c1-6-7-12-26-19(25)15-10-8-9-11-16(15)23-18(24)13-17-14(2)22-20(27-17)21(3,4)5/h8-11H,6-7,12-13H2,1-5H3,(H,23,24). The van der Waals surface area contributed by atoms with Crippen LogP contribution in [0.15, 0.2) is 28.7 Å². The van der Waals surface area contributed by atoms with Gasteiger partial charge in [0.15, 0.2) is 5.89 Å². The summed E-state index contributed by atoms with van der Waals surface area (Å²) in [5.41, 5.74) is 1.24. The van der Waals surface area contributed by atoms with E-state index in [4.69, 9.17) is 9.15 Å². The number of para-hydroxylation sites is 1. The topological polar surface area (TPSA) is 81.4 Å². The summed E-state index contributed by atoms with van der Waals surface area (Å²) in [5, 5.41) is 2.78. The van der Waals surface area contributed by atoms with Crippen LogP contribution in [0.25, 0.3) is 0 Å². The van der Waals surface area contributed by atoms with Crippen molar-refractivity contribution in [2.45, 2.75) is 59.3 Å². The van der Waals surface area contributed by atoms with Crippen molar-refractivity contribution < 1.29 is 18.7 Å². The fourth-order valence-electron chi connectivity index (χ4n) is 2.41. The molecule has 1 N–H and O–H groups in total. The third kappa shape index (κ3) is 5.67. The highest BCUT2D eigenvalue weighted by Crippen LogP contribution is 2.24. The number of ether oxygens (including phenoxy) is 1. The van der Waals surface area contributed by atoms with Gasteiger partial charge in [0.25, 0.3) is 0 Å². The summed E-state index contributed by atoms with van der Waals surface area (Å²) in [6.07, 6.45) is 1.80. The van der Waals surface area contributed by atoms with Crippen LogP contribution < -0.4 is 5.32 Å². The van der Waals surface area contributed by atoms with Crippen molar-refractivity contribution >= 4 is 17.6 Å². The molecule has 2 rings (SSSR count). The fourth-order valence-corrected chi connectivity index (χ4v) is 2.41. The second-order valence-electron chi connectivity index (χ2n) is 7.54. The van der Waals surface area contributed by atoms with E-state index in [2.05, 4.69) is 10.3 Å². The summed E-state index contributed by atoms with van der Waals surface area (Å²) in [4.78, 5) is 29.1. The SMILES string of the molecule is CCCCOC(=O)c1ccccc1NC(=O)Cc1oc(C(C)(C)C)nc1C. The first kappa shape index (κ1) is 20.7. The molecule has 0 aliphatic heterocycles. The Labute approximate surface area is 160 Å². The summed E-state index contributed by atoms with van der Waals surface area (Å²) in [7, 11) is 0. The molecule has 0 radical (unpaired) electrons. The molecular formula is C21H28N2O4. The second-order valence-corrected chi connectivity index (χ2v) is 7.54. The Hall–Kier alpha value is -2.63. The number of hydrogen-bond acceptors (Lipinski definition) is 5. The molecule has 1 amide bonds. The molecule has 0 spiro atoms. The molecule has 0 aliphatic carbocycles. The number of hydrogen-bond donors (Lipinski definition) is 1. The number of unbranched alkanes of at least 4 members (excludes halogenated alkanes) is 1. The quantitative estimate of drug-likeness (QED) is 0.575. The Bertz CT molecular complexity index is 803. The van der Waals surface area contributed by atoms with E-state index in [9.17, 15) is 9.59 Å². The van der Waals surface area contributed by atoms with E-state index in [-0.39, 0.29) is 17.7 Å². The van der Waals surface area contributed by atoms with Crippen LogP contribution >= 0.6 is 0 Å². The molecule has 0 aliphatic rings. The van der Waals surface area contributed by atoms with Crippen LogP contribution in [0.5, 0.6) is 0 Å². The number of oxazole rings is 1. The first-order valence-corrected chi connectivity index (χ1v) is 9.25. The number of carbonyl (C=O) groups excluding carboxylic acids is 2. The molecule has 2 aromatic rings. The monoisotopic (exact) mass is 372 g/mol. The van der Waals surface area contributed by atoms with Gasteiger partial charge in [-0.25, -0.2) is 9.78 Å². The molecule has 6 nitrogen and oxygen atoms in total. The van der Waals surface area contributed by atoms with Crippen LogP contribution in [0, 0.1) is 6.92 Å². The van der Waals surface area contributed by atoms with E-state index in [1.807, 2.05) is 34.6 Å². The zero-order chi connectivity index (χ0) is 20.0. The van der Waals surface area contributed by atoms with E-state index >= 15 is 0 Å². The van der Waals surface area contributed by atoms with Crippen molar-refractivity contribution in [1.29, 1.82) is 0 Å². The smallest absolute Gasteiger partial charge is 0.340 e. The number of aryl methyl sites for hydroxylation is 1. The molecule has 1 aromatic carbocycles. The third-order valence-electron chi connectivity index (χ3n) is 4.01. The Morgan fingerprint density at radius 1 is 1.22 bits per heavy atom. The maximum atomic E-state index is 12.5. The van der Waals surface area contributed by atoms with Crippen LogP contribution in [0.1, 0.15) is 68.2 Å². The highest BCUT2D eigenvalue weighted by atomic mass is 16.5. The van der Waals surface area contributed by atoms with Crippen molar-refractivity contribution in [2.75, 3.05) is 11.9 Å². The molecule has 0 saturated carbocycles. The molecule has 27 heavy (non-hydrogen) atoms. The molecular weight excluding hydrogens is 344 g/mol. The summed E-state index contributed by atoms with van der Waals surface area (Å²) in [5.74, 6) is 0.414. The van der Waals surface area contributed by atoms with Gasteiger partial charge in [0, 0.05) is 5.41 Å². The highest BCUT2D eigenvalue weighted by Gasteiger charge is 2.23. The fraction of sp³-hybridized carbons (Fsp3) is 0.476. The molecule has 146 valence electrons. The van der Waals surface area contributed by atoms with Gasteiger partial charge in [0.05, 0.1) is 30.0 Å². The molecule has 0 bridgehead atoms. The van der Waals surface area contributed by atoms with Gasteiger partial charge < -0.3 is 14.5 Å². The molecule has 6 heteroatoms. The van der Waals surface area contributed by atoms with E-state index in [1.54, 1.807) is 24.3 Å². The number of benzene rings is 1. The van der Waals surface area contributed by atoms with Gasteiger partial charge in [0.1, 0.15) is 5.76 Å². The van der Waals surface area contributed by atoms with Gasteiger partial charge in [-0.15, -0.1) is 0 Å². The minimum absolute atomic E-state index is 0.0497. The van der Waals surface area contributed by atoms with E-state index in [0.29, 0.717) is 35.2 Å². The lowest BCUT2D eigenvalue weighted by Gasteiger charge is -2.12. The molecule has 0 atom stereocenters. The molecule has 1 aromatic heterocycles. The minimum atomic E-state index is -0.440. The summed E-state index contributed by atoms with van der Waals surface area (Å²) in [6.45, 7) is 10.2. The number of amides is 1. The zero-order valence-electron chi connectivity index (χ0n) is 16.7. The third-order valence-corrected chi connectivity index (χ3v) is 4.01. The van der Waals surface area contributed by atoms with Gasteiger partial charge in [0.2, 0.25) is 5.91 Å². The van der Waals surface area contributed by atoms with Gasteiger partial charge in [-0.2, -0.15) is 0 Å². The maximum Gasteiger partial charge on any atom is 0.340 e. The van der Waals surface area contributed by atoms with E-state index in [1.165, 1.54) is 0 Å². The number of nitrogens with zero attached hydrogens (tertiary/aromatic N) is 1. The lowest BCUT2D eigenvalue weighted by molar-refractivity contribution is -0.115.